The zero-order valence-electron chi connectivity index (χ0n) is 13.7. The molecule has 136 valence electrons. The number of carbonyl (C=O) groups is 2. The number of thiophene rings is 1. The molecule has 26 heavy (non-hydrogen) atoms. The number of esters is 1. The molecule has 1 N–H and O–H groups in total. The van der Waals surface area contributed by atoms with Gasteiger partial charge in [-0.2, -0.15) is 18.4 Å². The third-order valence-corrected chi connectivity index (χ3v) is 4.59. The Labute approximate surface area is 151 Å². The molecule has 0 aliphatic heterocycles. The Morgan fingerprint density at radius 3 is 2.62 bits per heavy atom. The predicted octanol–water partition coefficient (Wildman–Crippen LogP) is 4.38. The molecular formula is C17H13F3N2O3S. The second kappa shape index (κ2) is 7.58. The maximum Gasteiger partial charge on any atom is 0.416 e. The minimum Gasteiger partial charge on any atom is -0.462 e. The Hall–Kier alpha value is -2.86. The van der Waals surface area contributed by atoms with Crippen LogP contribution in [-0.2, 0) is 10.9 Å². The van der Waals surface area contributed by atoms with Crippen LogP contribution in [0.3, 0.4) is 0 Å². The van der Waals surface area contributed by atoms with E-state index in [1.165, 1.54) is 13.0 Å². The van der Waals surface area contributed by atoms with Gasteiger partial charge in [0.25, 0.3) is 5.91 Å². The van der Waals surface area contributed by atoms with Crippen LogP contribution >= 0.6 is 11.3 Å². The molecule has 2 aromatic rings. The average molecular weight is 382 g/mol. The number of nitrogens with one attached hydrogen (secondary N) is 1. The van der Waals surface area contributed by atoms with Crippen LogP contribution in [0.25, 0.3) is 0 Å². The first-order valence-corrected chi connectivity index (χ1v) is 8.19. The summed E-state index contributed by atoms with van der Waals surface area (Å²) in [4.78, 5) is 24.3. The highest BCUT2D eigenvalue weighted by Gasteiger charge is 2.31. The molecule has 1 heterocycles. The van der Waals surface area contributed by atoms with Gasteiger partial charge in [-0.1, -0.05) is 6.07 Å². The maximum absolute atomic E-state index is 12.8. The number of ether oxygens (including phenoxy) is 1. The number of carbonyl (C=O) groups excluding carboxylic acids is 2. The van der Waals surface area contributed by atoms with Crippen LogP contribution in [0.4, 0.5) is 18.2 Å². The van der Waals surface area contributed by atoms with E-state index in [1.54, 1.807) is 6.92 Å². The molecule has 0 aliphatic carbocycles. The van der Waals surface area contributed by atoms with Crippen LogP contribution in [0, 0.1) is 18.3 Å². The fourth-order valence-electron chi connectivity index (χ4n) is 2.14. The SMILES string of the molecule is CCOC(=O)c1sc(NC(=O)c2cccc(C(F)(F)F)c2)c(C#N)c1C. The highest BCUT2D eigenvalue weighted by molar-refractivity contribution is 7.18. The molecule has 5 nitrogen and oxygen atoms in total. The molecule has 0 fully saturated rings. The van der Waals surface area contributed by atoms with Gasteiger partial charge in [0.2, 0.25) is 0 Å². The van der Waals surface area contributed by atoms with E-state index in [1.807, 2.05) is 6.07 Å². The Morgan fingerprint density at radius 1 is 1.35 bits per heavy atom. The zero-order valence-corrected chi connectivity index (χ0v) is 14.5. The Balaban J connectivity index is 2.34. The van der Waals surface area contributed by atoms with Gasteiger partial charge >= 0.3 is 12.1 Å². The van der Waals surface area contributed by atoms with E-state index in [0.717, 1.165) is 23.5 Å². The van der Waals surface area contributed by atoms with Crippen molar-refractivity contribution >= 4 is 28.2 Å². The minimum atomic E-state index is -4.58. The second-order valence-electron chi connectivity index (χ2n) is 5.13. The third kappa shape index (κ3) is 4.03. The monoisotopic (exact) mass is 382 g/mol. The minimum absolute atomic E-state index is 0.0679. The number of anilines is 1. The summed E-state index contributed by atoms with van der Waals surface area (Å²) in [6, 6.07) is 5.79. The van der Waals surface area contributed by atoms with E-state index in [9.17, 15) is 28.0 Å². The summed E-state index contributed by atoms with van der Waals surface area (Å²) in [6.07, 6.45) is -4.58. The quantitative estimate of drug-likeness (QED) is 0.796. The molecule has 1 aromatic heterocycles. The molecule has 0 aliphatic rings. The van der Waals surface area contributed by atoms with Crippen molar-refractivity contribution in [3.63, 3.8) is 0 Å². The lowest BCUT2D eigenvalue weighted by Gasteiger charge is -2.08. The van der Waals surface area contributed by atoms with Crippen LogP contribution in [-0.4, -0.2) is 18.5 Å². The number of benzene rings is 1. The first-order valence-electron chi connectivity index (χ1n) is 7.38. The number of amides is 1. The molecule has 1 aromatic carbocycles. The Bertz CT molecular complexity index is 898. The van der Waals surface area contributed by atoms with E-state index in [2.05, 4.69) is 5.32 Å². The lowest BCUT2D eigenvalue weighted by molar-refractivity contribution is -0.137. The van der Waals surface area contributed by atoms with Crippen LogP contribution in [0.5, 0.6) is 0 Å². The highest BCUT2D eigenvalue weighted by Crippen LogP contribution is 2.34. The van der Waals surface area contributed by atoms with Gasteiger partial charge in [-0.3, -0.25) is 4.79 Å². The van der Waals surface area contributed by atoms with E-state index in [-0.39, 0.29) is 27.6 Å². The third-order valence-electron chi connectivity index (χ3n) is 3.40. The molecule has 0 atom stereocenters. The highest BCUT2D eigenvalue weighted by atomic mass is 32.1. The molecule has 0 spiro atoms. The number of rotatable bonds is 4. The summed E-state index contributed by atoms with van der Waals surface area (Å²) in [5, 5.41) is 11.7. The van der Waals surface area contributed by atoms with Crippen molar-refractivity contribution in [2.24, 2.45) is 0 Å². The standard InChI is InChI=1S/C17H13F3N2O3S/c1-3-25-16(24)13-9(2)12(8-21)15(26-13)22-14(23)10-5-4-6-11(7-10)17(18,19)20/h4-7H,3H2,1-2H3,(H,22,23). The summed E-state index contributed by atoms with van der Waals surface area (Å²) in [5.41, 5.74) is -0.763. The first kappa shape index (κ1) is 19.5. The zero-order chi connectivity index (χ0) is 19.5. The molecule has 9 heteroatoms. The predicted molar refractivity (Wildman–Crippen MR) is 89.1 cm³/mol. The average Bonchev–Trinajstić information content (AvgIpc) is 2.90. The number of alkyl halides is 3. The smallest absolute Gasteiger partial charge is 0.416 e. The first-order chi connectivity index (χ1) is 12.2. The fraction of sp³-hybridized carbons (Fsp3) is 0.235. The van der Waals surface area contributed by atoms with Crippen molar-refractivity contribution in [3.05, 3.63) is 51.4 Å². The fourth-order valence-corrected chi connectivity index (χ4v) is 3.19. The van der Waals surface area contributed by atoms with E-state index >= 15 is 0 Å². The Morgan fingerprint density at radius 2 is 2.04 bits per heavy atom. The lowest BCUT2D eigenvalue weighted by Crippen LogP contribution is -2.13. The van der Waals surface area contributed by atoms with Crippen molar-refractivity contribution < 1.29 is 27.5 Å². The number of halogens is 3. The molecule has 0 unspecified atom stereocenters. The van der Waals surface area contributed by atoms with Crippen molar-refractivity contribution in [1.82, 2.24) is 0 Å². The van der Waals surface area contributed by atoms with Gasteiger partial charge in [0.1, 0.15) is 15.9 Å². The number of nitriles is 1. The molecule has 1 amide bonds. The summed E-state index contributed by atoms with van der Waals surface area (Å²) in [5.74, 6) is -1.45. The van der Waals surface area contributed by atoms with Gasteiger partial charge in [0, 0.05) is 5.56 Å². The van der Waals surface area contributed by atoms with Crippen molar-refractivity contribution in [2.45, 2.75) is 20.0 Å². The van der Waals surface area contributed by atoms with Crippen LogP contribution < -0.4 is 5.32 Å². The van der Waals surface area contributed by atoms with Crippen molar-refractivity contribution in [1.29, 1.82) is 5.26 Å². The van der Waals surface area contributed by atoms with Crippen LogP contribution in [0.15, 0.2) is 24.3 Å². The summed E-state index contributed by atoms with van der Waals surface area (Å²) < 4.78 is 43.2. The largest absolute Gasteiger partial charge is 0.462 e. The van der Waals surface area contributed by atoms with Gasteiger partial charge in [0.15, 0.2) is 0 Å². The van der Waals surface area contributed by atoms with Gasteiger partial charge in [-0.15, -0.1) is 11.3 Å². The number of hydrogen-bond donors (Lipinski definition) is 1. The molecule has 0 saturated carbocycles. The summed E-state index contributed by atoms with van der Waals surface area (Å²) >= 11 is 0.840. The van der Waals surface area contributed by atoms with E-state index < -0.39 is 23.6 Å². The number of hydrogen-bond acceptors (Lipinski definition) is 5. The molecule has 2 rings (SSSR count). The maximum atomic E-state index is 12.8. The normalized spacial score (nSPS) is 10.9. The molecular weight excluding hydrogens is 369 g/mol. The van der Waals surface area contributed by atoms with Crippen LogP contribution in [0.2, 0.25) is 0 Å². The summed E-state index contributed by atoms with van der Waals surface area (Å²) in [7, 11) is 0. The number of nitrogens with zero attached hydrogens (tertiary/aromatic N) is 1. The topological polar surface area (TPSA) is 79.2 Å². The van der Waals surface area contributed by atoms with Crippen molar-refractivity contribution in [3.8, 4) is 6.07 Å². The van der Waals surface area contributed by atoms with Gasteiger partial charge in [-0.25, -0.2) is 4.79 Å². The van der Waals surface area contributed by atoms with E-state index in [4.69, 9.17) is 4.74 Å². The second-order valence-corrected chi connectivity index (χ2v) is 6.15. The van der Waals surface area contributed by atoms with E-state index in [0.29, 0.717) is 11.6 Å². The molecule has 0 saturated heterocycles. The van der Waals surface area contributed by atoms with Gasteiger partial charge < -0.3 is 10.1 Å². The molecule has 0 radical (unpaired) electrons. The van der Waals surface area contributed by atoms with Gasteiger partial charge in [-0.05, 0) is 37.6 Å². The molecule has 0 bridgehead atoms. The van der Waals surface area contributed by atoms with Crippen LogP contribution in [0.1, 0.15) is 43.6 Å². The Kier molecular flexibility index (Phi) is 5.67. The summed E-state index contributed by atoms with van der Waals surface area (Å²) in [6.45, 7) is 3.30. The van der Waals surface area contributed by atoms with Gasteiger partial charge in [0.05, 0.1) is 17.7 Å². The lowest BCUT2D eigenvalue weighted by atomic mass is 10.1. The van der Waals surface area contributed by atoms with Crippen molar-refractivity contribution in [2.75, 3.05) is 11.9 Å².